The Bertz CT molecular complexity index is 1360. The summed E-state index contributed by atoms with van der Waals surface area (Å²) >= 11 is 0. The number of phosphoric ester groups is 1. The van der Waals surface area contributed by atoms with Crippen molar-refractivity contribution in [3.63, 3.8) is 0 Å². The van der Waals surface area contributed by atoms with E-state index in [1.165, 1.54) is 238 Å². The van der Waals surface area contributed by atoms with Crippen molar-refractivity contribution < 1.29 is 52.2 Å². The molecule has 12 heteroatoms. The first kappa shape index (κ1) is 76.2. The van der Waals surface area contributed by atoms with Gasteiger partial charge in [-0.1, -0.05) is 303 Å². The number of unbranched alkanes of at least 4 members (excludes halogenated alkanes) is 45. The number of hydrogen-bond acceptors (Lipinski definition) is 10. The van der Waals surface area contributed by atoms with Crippen molar-refractivity contribution in [1.29, 1.82) is 0 Å². The fraction of sp³-hybridized carbons (Fsp3) is 0.924. The molecule has 0 radical (unpaired) electrons. The summed E-state index contributed by atoms with van der Waals surface area (Å²) in [6.45, 7) is 4.74. The fourth-order valence-corrected chi connectivity index (χ4v) is 10.8. The molecule has 2 N–H and O–H groups in total. The summed E-state index contributed by atoms with van der Waals surface area (Å²) in [6.07, 6.45) is 63.0. The van der Waals surface area contributed by atoms with E-state index in [0.29, 0.717) is 19.3 Å². The Morgan fingerprint density at radius 1 is 0.346 bits per heavy atom. The zero-order chi connectivity index (χ0) is 56.9. The molecule has 0 aliphatic heterocycles. The van der Waals surface area contributed by atoms with Crippen LogP contribution in [0.5, 0.6) is 0 Å². The number of carbonyl (C=O) groups is 3. The van der Waals surface area contributed by atoms with Crippen molar-refractivity contribution in [2.45, 2.75) is 367 Å². The molecule has 0 heterocycles. The summed E-state index contributed by atoms with van der Waals surface area (Å²) in [5.41, 5.74) is 0. The molecule has 0 aliphatic rings. The highest BCUT2D eigenvalue weighted by Crippen LogP contribution is 2.43. The van der Waals surface area contributed by atoms with Gasteiger partial charge in [0.05, 0.1) is 19.8 Å². The minimum atomic E-state index is -4.74. The first-order valence-electron chi connectivity index (χ1n) is 33.6. The lowest BCUT2D eigenvalue weighted by molar-refractivity contribution is -0.161. The predicted molar refractivity (Wildman–Crippen MR) is 326 cm³/mol. The minimum absolute atomic E-state index is 0.173. The summed E-state index contributed by atoms with van der Waals surface area (Å²) in [6, 6.07) is 0. The highest BCUT2D eigenvalue weighted by molar-refractivity contribution is 7.47. The van der Waals surface area contributed by atoms with E-state index in [2.05, 4.69) is 32.9 Å². The third-order valence-corrected chi connectivity index (χ3v) is 16.1. The van der Waals surface area contributed by atoms with Gasteiger partial charge in [0.25, 0.3) is 0 Å². The molecule has 0 spiro atoms. The molecule has 78 heavy (non-hydrogen) atoms. The molecule has 0 aliphatic carbocycles. The predicted octanol–water partition coefficient (Wildman–Crippen LogP) is 20.4. The maximum Gasteiger partial charge on any atom is 0.472 e. The average Bonchev–Trinajstić information content (AvgIpc) is 3.43. The van der Waals surface area contributed by atoms with Gasteiger partial charge in [0, 0.05) is 19.3 Å². The summed E-state index contributed by atoms with van der Waals surface area (Å²) in [4.78, 5) is 48.8. The van der Waals surface area contributed by atoms with E-state index in [4.69, 9.17) is 23.3 Å². The van der Waals surface area contributed by atoms with Gasteiger partial charge in [-0.05, 0) is 44.9 Å². The zero-order valence-corrected chi connectivity index (χ0v) is 52.3. The van der Waals surface area contributed by atoms with E-state index in [1.54, 1.807) is 0 Å². The standard InChI is InChI=1S/C66H127O11P/c1-4-7-10-13-16-19-22-25-28-30-31-33-36-39-42-45-48-51-54-57-66(70)77-63(59-73-64(68)55-52-49-46-43-40-37-34-27-24-21-18-15-12-9-6-3)61-75-78(71,72)74-60-62(58-67)76-65(69)56-53-50-47-44-41-38-35-32-29-26-23-20-17-14-11-8-5-2/h25,28,62-63,67H,4-24,26-27,29-61H2,1-3H3,(H,71,72)/b28-25-. The van der Waals surface area contributed by atoms with Gasteiger partial charge in [0.1, 0.15) is 12.7 Å². The Morgan fingerprint density at radius 3 is 0.885 bits per heavy atom. The number of carbonyl (C=O) groups excluding carboxylic acids is 3. The van der Waals surface area contributed by atoms with Gasteiger partial charge in [0.15, 0.2) is 6.10 Å². The second-order valence-corrected chi connectivity index (χ2v) is 24.5. The van der Waals surface area contributed by atoms with E-state index < -0.39 is 57.8 Å². The quantitative estimate of drug-likeness (QED) is 0.0197. The topological polar surface area (TPSA) is 155 Å². The molecule has 462 valence electrons. The van der Waals surface area contributed by atoms with Gasteiger partial charge in [-0.25, -0.2) is 4.57 Å². The second kappa shape index (κ2) is 61.3. The van der Waals surface area contributed by atoms with E-state index in [0.717, 1.165) is 57.8 Å². The molecule has 0 saturated heterocycles. The molecule has 0 rings (SSSR count). The van der Waals surface area contributed by atoms with Gasteiger partial charge in [-0.15, -0.1) is 0 Å². The van der Waals surface area contributed by atoms with Crippen molar-refractivity contribution >= 4 is 25.7 Å². The largest absolute Gasteiger partial charge is 0.472 e. The molecule has 0 fully saturated rings. The minimum Gasteiger partial charge on any atom is -0.462 e. The lowest BCUT2D eigenvalue weighted by Crippen LogP contribution is -2.30. The van der Waals surface area contributed by atoms with Crippen molar-refractivity contribution in [2.24, 2.45) is 0 Å². The molecule has 0 aromatic rings. The number of hydrogen-bond donors (Lipinski definition) is 2. The number of ether oxygens (including phenoxy) is 3. The van der Waals surface area contributed by atoms with E-state index in [1.807, 2.05) is 0 Å². The molecule has 11 nitrogen and oxygen atoms in total. The Kier molecular flexibility index (Phi) is 59.9. The van der Waals surface area contributed by atoms with Crippen LogP contribution in [0.1, 0.15) is 355 Å². The van der Waals surface area contributed by atoms with Crippen LogP contribution < -0.4 is 0 Å². The molecule has 0 aromatic heterocycles. The number of allylic oxidation sites excluding steroid dienone is 2. The van der Waals surface area contributed by atoms with Crippen molar-refractivity contribution in [2.75, 3.05) is 26.4 Å². The number of rotatable bonds is 64. The number of phosphoric acid groups is 1. The number of aliphatic hydroxyl groups is 1. The van der Waals surface area contributed by atoms with Crippen LogP contribution >= 0.6 is 7.82 Å². The van der Waals surface area contributed by atoms with Crippen LogP contribution in [0.15, 0.2) is 12.2 Å². The van der Waals surface area contributed by atoms with Crippen LogP contribution in [0.4, 0.5) is 0 Å². The monoisotopic (exact) mass is 1130 g/mol. The normalized spacial score (nSPS) is 13.2. The van der Waals surface area contributed by atoms with Crippen LogP contribution in [0, 0.1) is 0 Å². The summed E-state index contributed by atoms with van der Waals surface area (Å²) in [7, 11) is -4.74. The first-order valence-corrected chi connectivity index (χ1v) is 35.1. The van der Waals surface area contributed by atoms with Crippen LogP contribution in [0.2, 0.25) is 0 Å². The molecular formula is C66H127O11P. The van der Waals surface area contributed by atoms with Gasteiger partial charge in [-0.2, -0.15) is 0 Å². The van der Waals surface area contributed by atoms with Gasteiger partial charge in [-0.3, -0.25) is 23.4 Å². The number of aliphatic hydroxyl groups excluding tert-OH is 1. The molecule has 0 aromatic carbocycles. The SMILES string of the molecule is CCCCCCCC/C=C\CCCCCCCCCCCC(=O)OC(COC(=O)CCCCCCCCCCCCCCCCC)COP(=O)(O)OCC(CO)OC(=O)CCCCCCCCCCCCCCCCCCC. The highest BCUT2D eigenvalue weighted by Gasteiger charge is 2.28. The van der Waals surface area contributed by atoms with E-state index in [9.17, 15) is 28.9 Å². The van der Waals surface area contributed by atoms with Crippen LogP contribution in [-0.4, -0.2) is 66.5 Å². The summed E-state index contributed by atoms with van der Waals surface area (Å²) < 4.78 is 39.8. The molecular weight excluding hydrogens is 1000 g/mol. The van der Waals surface area contributed by atoms with E-state index >= 15 is 0 Å². The Labute approximate surface area is 481 Å². The van der Waals surface area contributed by atoms with Crippen molar-refractivity contribution in [1.82, 2.24) is 0 Å². The molecule has 0 bridgehead atoms. The number of esters is 3. The summed E-state index contributed by atoms with van der Waals surface area (Å²) in [5, 5.41) is 9.86. The van der Waals surface area contributed by atoms with Gasteiger partial charge >= 0.3 is 25.7 Å². The molecule has 3 unspecified atom stereocenters. The third kappa shape index (κ3) is 58.9. The Morgan fingerprint density at radius 2 is 0.590 bits per heavy atom. The van der Waals surface area contributed by atoms with Crippen molar-refractivity contribution in [3.05, 3.63) is 12.2 Å². The van der Waals surface area contributed by atoms with Crippen molar-refractivity contribution in [3.8, 4) is 0 Å². The first-order chi connectivity index (χ1) is 38.2. The molecule has 0 amide bonds. The Balaban J connectivity index is 4.62. The smallest absolute Gasteiger partial charge is 0.462 e. The van der Waals surface area contributed by atoms with Gasteiger partial charge in [0.2, 0.25) is 0 Å². The average molecular weight is 1130 g/mol. The third-order valence-electron chi connectivity index (χ3n) is 15.2. The maximum atomic E-state index is 13.0. The lowest BCUT2D eigenvalue weighted by Gasteiger charge is -2.21. The second-order valence-electron chi connectivity index (χ2n) is 23.0. The summed E-state index contributed by atoms with van der Waals surface area (Å²) in [5.74, 6) is -1.43. The Hall–Kier alpha value is -1.78. The van der Waals surface area contributed by atoms with Crippen LogP contribution in [0.25, 0.3) is 0 Å². The van der Waals surface area contributed by atoms with Gasteiger partial charge < -0.3 is 24.2 Å². The molecule has 0 saturated carbocycles. The molecule has 3 atom stereocenters. The van der Waals surface area contributed by atoms with E-state index in [-0.39, 0.29) is 25.9 Å². The lowest BCUT2D eigenvalue weighted by atomic mass is 10.0. The zero-order valence-electron chi connectivity index (χ0n) is 51.4. The highest BCUT2D eigenvalue weighted by atomic mass is 31.2. The van der Waals surface area contributed by atoms with Crippen LogP contribution in [0.3, 0.4) is 0 Å². The fourth-order valence-electron chi connectivity index (χ4n) is 10.1. The van der Waals surface area contributed by atoms with Crippen LogP contribution in [-0.2, 0) is 42.2 Å². The maximum absolute atomic E-state index is 13.0.